The molecule has 1 aromatic heterocycles. The predicted molar refractivity (Wildman–Crippen MR) is 123 cm³/mol. The normalized spacial score (nSPS) is 11.2. The number of thiazole rings is 1. The summed E-state index contributed by atoms with van der Waals surface area (Å²) < 4.78 is 35.4. The van der Waals surface area contributed by atoms with Crippen molar-refractivity contribution in [2.75, 3.05) is 11.1 Å². The minimum absolute atomic E-state index is 0. The number of fused-ring (bicyclic) bond motifs is 1. The van der Waals surface area contributed by atoms with E-state index in [9.17, 15) is 17.8 Å². The Labute approximate surface area is 183 Å². The van der Waals surface area contributed by atoms with Crippen LogP contribution in [0.15, 0.2) is 65.6 Å². The van der Waals surface area contributed by atoms with Gasteiger partial charge in [-0.25, -0.2) is 13.4 Å². The van der Waals surface area contributed by atoms with Crippen molar-refractivity contribution < 1.29 is 17.8 Å². The molecule has 3 aromatic carbocycles. The number of hydrogen-bond donors (Lipinski definition) is 3. The van der Waals surface area contributed by atoms with Crippen LogP contribution in [-0.4, -0.2) is 23.9 Å². The van der Waals surface area contributed by atoms with Crippen LogP contribution < -0.4 is 17.2 Å². The van der Waals surface area contributed by atoms with Crippen LogP contribution in [-0.2, 0) is 10.1 Å². The first kappa shape index (κ1) is 22.4. The number of nitrogen functional groups attached to an aromatic ring is 1. The number of rotatable bonds is 4. The van der Waals surface area contributed by atoms with Crippen LogP contribution in [0.3, 0.4) is 0 Å². The van der Waals surface area contributed by atoms with E-state index >= 15 is 0 Å². The van der Waals surface area contributed by atoms with Crippen molar-refractivity contribution in [1.82, 2.24) is 11.1 Å². The van der Waals surface area contributed by atoms with Crippen molar-refractivity contribution in [3.63, 3.8) is 0 Å². The maximum Gasteiger partial charge on any atom is 0.255 e. The van der Waals surface area contributed by atoms with Crippen LogP contribution >= 0.6 is 11.3 Å². The van der Waals surface area contributed by atoms with Crippen LogP contribution in [0, 0.1) is 6.92 Å². The lowest BCUT2D eigenvalue weighted by Crippen LogP contribution is -2.11. The molecule has 10 heteroatoms. The van der Waals surface area contributed by atoms with Gasteiger partial charge in [-0.05, 0) is 67.1 Å². The molecular formula is C21H20N4O4S2. The summed E-state index contributed by atoms with van der Waals surface area (Å²) in [6.45, 7) is 1.59. The van der Waals surface area contributed by atoms with Crippen molar-refractivity contribution in [3.8, 4) is 10.6 Å². The van der Waals surface area contributed by atoms with Crippen LogP contribution in [0.2, 0.25) is 0 Å². The maximum atomic E-state index is 12.3. The SMILES string of the molecule is Cc1ccc2nc(-c3ccc(NC(=O)c4ccc(N)cc4)cc3)sc2c1S(=O)(=O)[O-].[NH4+]. The summed E-state index contributed by atoms with van der Waals surface area (Å²) in [6, 6.07) is 16.9. The second-order valence-corrected chi connectivity index (χ2v) is 9.00. The molecule has 1 amide bonds. The van der Waals surface area contributed by atoms with E-state index in [1.54, 1.807) is 67.6 Å². The zero-order chi connectivity index (χ0) is 21.5. The average Bonchev–Trinajstić information content (AvgIpc) is 3.11. The quantitative estimate of drug-likeness (QED) is 0.305. The molecule has 0 unspecified atom stereocenters. The Morgan fingerprint density at radius 1 is 1.03 bits per heavy atom. The molecule has 1 heterocycles. The summed E-state index contributed by atoms with van der Waals surface area (Å²) in [5, 5.41) is 3.38. The first-order valence-electron chi connectivity index (χ1n) is 8.86. The van der Waals surface area contributed by atoms with Crippen LogP contribution in [0.25, 0.3) is 20.8 Å². The van der Waals surface area contributed by atoms with Gasteiger partial charge < -0.3 is 21.8 Å². The average molecular weight is 457 g/mol. The number of amides is 1. The summed E-state index contributed by atoms with van der Waals surface area (Å²) in [4.78, 5) is 16.5. The molecule has 7 N–H and O–H groups in total. The molecular weight excluding hydrogens is 436 g/mol. The molecule has 0 bridgehead atoms. The Hall–Kier alpha value is -3.31. The third-order valence-corrected chi connectivity index (χ3v) is 6.81. The summed E-state index contributed by atoms with van der Waals surface area (Å²) in [6.07, 6.45) is 0. The molecule has 0 saturated carbocycles. The van der Waals surface area contributed by atoms with Gasteiger partial charge >= 0.3 is 0 Å². The third-order valence-electron chi connectivity index (χ3n) is 4.52. The van der Waals surface area contributed by atoms with Gasteiger partial charge in [0, 0.05) is 22.5 Å². The lowest BCUT2D eigenvalue weighted by atomic mass is 10.1. The molecule has 0 aliphatic rings. The summed E-state index contributed by atoms with van der Waals surface area (Å²) in [7, 11) is -4.61. The fourth-order valence-electron chi connectivity index (χ4n) is 3.03. The number of hydrogen-bond acceptors (Lipinski definition) is 7. The van der Waals surface area contributed by atoms with Crippen LogP contribution in [0.4, 0.5) is 11.4 Å². The number of nitrogens with zero attached hydrogens (tertiary/aromatic N) is 1. The van der Waals surface area contributed by atoms with Crippen LogP contribution in [0.1, 0.15) is 15.9 Å². The molecule has 0 aliphatic carbocycles. The second-order valence-electron chi connectivity index (χ2n) is 6.69. The molecule has 4 aromatic rings. The number of carbonyl (C=O) groups is 1. The van der Waals surface area contributed by atoms with Crippen molar-refractivity contribution in [2.45, 2.75) is 11.8 Å². The minimum Gasteiger partial charge on any atom is -0.744 e. The number of benzene rings is 3. The number of aryl methyl sites for hydroxylation is 1. The summed E-state index contributed by atoms with van der Waals surface area (Å²) >= 11 is 1.15. The number of carbonyl (C=O) groups excluding carboxylic acids is 1. The van der Waals surface area contributed by atoms with E-state index in [-0.39, 0.29) is 17.0 Å². The lowest BCUT2D eigenvalue weighted by Gasteiger charge is -2.10. The highest BCUT2D eigenvalue weighted by atomic mass is 32.2. The van der Waals surface area contributed by atoms with Gasteiger partial charge in [0.15, 0.2) is 0 Å². The fourth-order valence-corrected chi connectivity index (χ4v) is 5.32. The predicted octanol–water partition coefficient (Wildman–Crippen LogP) is 4.39. The monoisotopic (exact) mass is 456 g/mol. The Kier molecular flexibility index (Phi) is 6.09. The van der Waals surface area contributed by atoms with E-state index in [1.165, 1.54) is 0 Å². The largest absolute Gasteiger partial charge is 0.744 e. The zero-order valence-electron chi connectivity index (χ0n) is 16.7. The molecule has 8 nitrogen and oxygen atoms in total. The van der Waals surface area contributed by atoms with Crippen molar-refractivity contribution in [3.05, 3.63) is 71.8 Å². The third kappa shape index (κ3) is 4.57. The topological polar surface area (TPSA) is 162 Å². The number of nitrogens with two attached hydrogens (primary N) is 1. The minimum atomic E-state index is -4.61. The molecule has 0 aliphatic heterocycles. The molecule has 0 atom stereocenters. The molecule has 0 radical (unpaired) electrons. The summed E-state index contributed by atoms with van der Waals surface area (Å²) in [5.74, 6) is -0.261. The van der Waals surface area contributed by atoms with E-state index in [0.29, 0.717) is 37.7 Å². The standard InChI is InChI=1S/C21H17N3O4S2.H3N/c1-12-2-11-17-18(19(12)30(26,27)28)29-21(24-17)14-5-9-16(10-6-14)23-20(25)13-3-7-15(22)8-4-13;/h2-11H,22H2,1H3,(H,23,25)(H,26,27,28);1H3. The zero-order valence-corrected chi connectivity index (χ0v) is 18.4. The first-order valence-corrected chi connectivity index (χ1v) is 11.1. The van der Waals surface area contributed by atoms with E-state index in [2.05, 4.69) is 10.3 Å². The van der Waals surface area contributed by atoms with Gasteiger partial charge in [0.25, 0.3) is 5.91 Å². The molecule has 0 saturated heterocycles. The van der Waals surface area contributed by atoms with Crippen molar-refractivity contribution >= 4 is 49.0 Å². The number of aromatic nitrogens is 1. The fraction of sp³-hybridized carbons (Fsp3) is 0.0476. The first-order chi connectivity index (χ1) is 14.2. The van der Waals surface area contributed by atoms with E-state index < -0.39 is 10.1 Å². The molecule has 160 valence electrons. The summed E-state index contributed by atoms with van der Waals surface area (Å²) in [5.41, 5.74) is 8.89. The highest BCUT2D eigenvalue weighted by molar-refractivity contribution is 7.86. The highest BCUT2D eigenvalue weighted by Gasteiger charge is 2.16. The maximum absolute atomic E-state index is 12.3. The Bertz CT molecular complexity index is 1360. The number of quaternary nitrogens is 1. The van der Waals surface area contributed by atoms with Crippen LogP contribution in [0.5, 0.6) is 0 Å². The Balaban J connectivity index is 0.00000272. The lowest BCUT2D eigenvalue weighted by molar-refractivity contribution is 0.102. The molecule has 0 spiro atoms. The van der Waals surface area contributed by atoms with E-state index in [4.69, 9.17) is 5.73 Å². The molecule has 4 rings (SSSR count). The Morgan fingerprint density at radius 2 is 1.68 bits per heavy atom. The Morgan fingerprint density at radius 3 is 2.29 bits per heavy atom. The van der Waals surface area contributed by atoms with Gasteiger partial charge in [0.2, 0.25) is 0 Å². The van der Waals surface area contributed by atoms with Gasteiger partial charge in [-0.3, -0.25) is 4.79 Å². The smallest absolute Gasteiger partial charge is 0.255 e. The van der Waals surface area contributed by atoms with Gasteiger partial charge in [-0.2, -0.15) is 0 Å². The van der Waals surface area contributed by atoms with Crippen molar-refractivity contribution in [1.29, 1.82) is 0 Å². The van der Waals surface area contributed by atoms with Gasteiger partial charge in [-0.1, -0.05) is 6.07 Å². The molecule has 0 fully saturated rings. The van der Waals surface area contributed by atoms with E-state index in [0.717, 1.165) is 16.9 Å². The number of anilines is 2. The van der Waals surface area contributed by atoms with E-state index in [1.807, 2.05) is 0 Å². The highest BCUT2D eigenvalue weighted by Crippen LogP contribution is 2.36. The van der Waals surface area contributed by atoms with Gasteiger partial charge in [0.1, 0.15) is 15.1 Å². The van der Waals surface area contributed by atoms with Gasteiger partial charge in [0.05, 0.1) is 15.1 Å². The second kappa shape index (κ2) is 8.44. The van der Waals surface area contributed by atoms with Gasteiger partial charge in [-0.15, -0.1) is 11.3 Å². The number of nitrogens with one attached hydrogen (secondary N) is 1. The van der Waals surface area contributed by atoms with Crippen molar-refractivity contribution in [2.24, 2.45) is 0 Å². The molecule has 31 heavy (non-hydrogen) atoms.